The summed E-state index contributed by atoms with van der Waals surface area (Å²) in [5, 5.41) is 4.73. The Kier molecular flexibility index (Phi) is 8.03. The van der Waals surface area contributed by atoms with Gasteiger partial charge in [-0.1, -0.05) is 34.7 Å². The van der Waals surface area contributed by atoms with E-state index in [0.717, 1.165) is 5.08 Å². The normalized spacial score (nSPS) is 8.50. The summed E-state index contributed by atoms with van der Waals surface area (Å²) < 4.78 is 0. The topological polar surface area (TPSA) is 0 Å². The lowest BCUT2D eigenvalue weighted by atomic mass is 11.3. The average Bonchev–Trinajstić information content (AvgIpc) is 1.81. The molecule has 0 spiro atoms. The van der Waals surface area contributed by atoms with E-state index in [4.69, 9.17) is 0 Å². The van der Waals surface area contributed by atoms with Gasteiger partial charge < -0.3 is 0 Å². The fourth-order valence-electron chi connectivity index (χ4n) is 0.152. The molecule has 0 aliphatic carbocycles. The van der Waals surface area contributed by atoms with E-state index in [9.17, 15) is 0 Å². The predicted molar refractivity (Wildman–Crippen MR) is 48.0 cm³/mol. The van der Waals surface area contributed by atoms with Crippen LogP contribution in [-0.4, -0.2) is 5.08 Å². The van der Waals surface area contributed by atoms with Gasteiger partial charge in [0.15, 0.2) is 0 Å². The zero-order valence-corrected chi connectivity index (χ0v) is 6.95. The van der Waals surface area contributed by atoms with Gasteiger partial charge in [-0.15, -0.1) is 11.8 Å². The van der Waals surface area contributed by atoms with Crippen LogP contribution in [0.2, 0.25) is 0 Å². The number of hydrogen-bond acceptors (Lipinski definition) is 3. The van der Waals surface area contributed by atoms with Gasteiger partial charge in [-0.05, 0) is 10.8 Å². The first-order valence-electron chi connectivity index (χ1n) is 2.03. The fraction of sp³-hybridized carbons (Fsp3) is 0.200. The minimum Gasteiger partial charge on any atom is -0.123 e. The van der Waals surface area contributed by atoms with Crippen LogP contribution in [0, 0.1) is 0 Å². The lowest BCUT2D eigenvalue weighted by molar-refractivity contribution is 2.31. The van der Waals surface area contributed by atoms with Crippen LogP contribution in [0.15, 0.2) is 24.0 Å². The Labute approximate surface area is 62.6 Å². The first-order chi connectivity index (χ1) is 3.91. The monoisotopic (exact) mass is 164 g/mol. The lowest BCUT2D eigenvalue weighted by Gasteiger charge is -1.88. The van der Waals surface area contributed by atoms with E-state index >= 15 is 0 Å². The Hall–Kier alpha value is 0.530. The highest BCUT2D eigenvalue weighted by Gasteiger charge is 1.80. The third-order valence-electron chi connectivity index (χ3n) is 0.370. The molecule has 0 aliphatic rings. The molecule has 0 amide bonds. The quantitative estimate of drug-likeness (QED) is 0.347. The van der Waals surface area contributed by atoms with Crippen molar-refractivity contribution in [2.24, 2.45) is 0 Å². The van der Waals surface area contributed by atoms with E-state index in [1.54, 1.807) is 33.3 Å². The molecule has 0 rings (SSSR count). The van der Waals surface area contributed by atoms with E-state index in [1.165, 1.54) is 0 Å². The van der Waals surface area contributed by atoms with Gasteiger partial charge in [-0.2, -0.15) is 0 Å². The van der Waals surface area contributed by atoms with Crippen LogP contribution >= 0.6 is 33.3 Å². The van der Waals surface area contributed by atoms with Crippen LogP contribution in [0.5, 0.6) is 0 Å². The second-order valence-corrected chi connectivity index (χ2v) is 4.49. The van der Waals surface area contributed by atoms with Gasteiger partial charge in [0.25, 0.3) is 0 Å². The Balaban J connectivity index is 2.71. The van der Waals surface area contributed by atoms with Crippen LogP contribution in [0.3, 0.4) is 0 Å². The van der Waals surface area contributed by atoms with Gasteiger partial charge in [0.05, 0.1) is 5.08 Å². The molecule has 0 aromatic rings. The molecule has 0 N–H and O–H groups in total. The summed E-state index contributed by atoms with van der Waals surface area (Å²) in [5.74, 6) is 0. The van der Waals surface area contributed by atoms with Gasteiger partial charge in [0, 0.05) is 0 Å². The first-order valence-corrected chi connectivity index (χ1v) is 5.46. The van der Waals surface area contributed by atoms with E-state index in [2.05, 4.69) is 13.2 Å². The third-order valence-corrected chi connectivity index (χ3v) is 3.49. The molecule has 0 saturated heterocycles. The van der Waals surface area contributed by atoms with Crippen LogP contribution in [0.1, 0.15) is 0 Å². The number of rotatable bonds is 5. The molecule has 8 heavy (non-hydrogen) atoms. The Morgan fingerprint density at radius 3 is 2.50 bits per heavy atom. The summed E-state index contributed by atoms with van der Waals surface area (Å²) in [7, 11) is 3.43. The van der Waals surface area contributed by atoms with Gasteiger partial charge in [0.2, 0.25) is 0 Å². The molecule has 46 valence electrons. The highest BCUT2D eigenvalue weighted by Crippen LogP contribution is 2.25. The van der Waals surface area contributed by atoms with Crippen molar-refractivity contribution < 1.29 is 0 Å². The van der Waals surface area contributed by atoms with E-state index in [1.807, 2.05) is 10.8 Å². The third kappa shape index (κ3) is 6.53. The maximum atomic E-state index is 3.57. The summed E-state index contributed by atoms with van der Waals surface area (Å²) in [6, 6.07) is 0. The minimum absolute atomic E-state index is 1.06. The molecule has 0 atom stereocenters. The second-order valence-electron chi connectivity index (χ2n) is 0.832. The smallest absolute Gasteiger partial charge is 0.0540 e. The maximum absolute atomic E-state index is 3.57. The van der Waals surface area contributed by atoms with Crippen molar-refractivity contribution in [1.29, 1.82) is 0 Å². The van der Waals surface area contributed by atoms with E-state index < -0.39 is 0 Å². The Bertz CT molecular complexity index is 60.1. The molecule has 0 saturated carbocycles. The zero-order valence-electron chi connectivity index (χ0n) is 4.50. The minimum atomic E-state index is 1.06. The first kappa shape index (κ1) is 8.53. The standard InChI is InChI=1S/C5H8S3/c1-3-6-5-8-7-4-2/h3-4H,1-2,5H2. The van der Waals surface area contributed by atoms with Crippen molar-refractivity contribution in [3.8, 4) is 0 Å². The summed E-state index contributed by atoms with van der Waals surface area (Å²) in [6.07, 6.45) is 0. The molecule has 0 fully saturated rings. The van der Waals surface area contributed by atoms with Gasteiger partial charge in [0.1, 0.15) is 0 Å². The SMILES string of the molecule is C=CSCSSC=C. The highest BCUT2D eigenvalue weighted by molar-refractivity contribution is 8.79. The van der Waals surface area contributed by atoms with E-state index in [0.29, 0.717) is 0 Å². The fourth-order valence-corrected chi connectivity index (χ4v) is 2.37. The van der Waals surface area contributed by atoms with Gasteiger partial charge in [-0.3, -0.25) is 0 Å². The molecule has 0 aromatic heterocycles. The molecule has 0 aromatic carbocycles. The molecule has 3 heteroatoms. The zero-order chi connectivity index (χ0) is 6.24. The molecule has 0 nitrogen and oxygen atoms in total. The Morgan fingerprint density at radius 1 is 1.25 bits per heavy atom. The molecular formula is C5H8S3. The van der Waals surface area contributed by atoms with E-state index in [-0.39, 0.29) is 0 Å². The number of thioether (sulfide) groups is 1. The molecule has 0 aliphatic heterocycles. The van der Waals surface area contributed by atoms with Crippen molar-refractivity contribution in [3.05, 3.63) is 24.0 Å². The highest BCUT2D eigenvalue weighted by atomic mass is 33.1. The van der Waals surface area contributed by atoms with Crippen molar-refractivity contribution in [2.75, 3.05) is 5.08 Å². The van der Waals surface area contributed by atoms with Gasteiger partial charge >= 0.3 is 0 Å². The lowest BCUT2D eigenvalue weighted by Crippen LogP contribution is -1.54. The Morgan fingerprint density at radius 2 is 2.00 bits per heavy atom. The van der Waals surface area contributed by atoms with Crippen LogP contribution < -0.4 is 0 Å². The van der Waals surface area contributed by atoms with Crippen LogP contribution in [0.4, 0.5) is 0 Å². The van der Waals surface area contributed by atoms with Crippen molar-refractivity contribution in [1.82, 2.24) is 0 Å². The van der Waals surface area contributed by atoms with Crippen LogP contribution in [0.25, 0.3) is 0 Å². The van der Waals surface area contributed by atoms with Crippen LogP contribution in [-0.2, 0) is 0 Å². The molecule has 0 radical (unpaired) electrons. The molecule has 0 bridgehead atoms. The summed E-state index contributed by atoms with van der Waals surface area (Å²) in [4.78, 5) is 0. The maximum Gasteiger partial charge on any atom is 0.0540 e. The molecule has 0 unspecified atom stereocenters. The van der Waals surface area contributed by atoms with Crippen molar-refractivity contribution in [3.63, 3.8) is 0 Å². The van der Waals surface area contributed by atoms with Gasteiger partial charge in [-0.25, -0.2) is 0 Å². The average molecular weight is 164 g/mol. The van der Waals surface area contributed by atoms with Crippen molar-refractivity contribution in [2.45, 2.75) is 0 Å². The van der Waals surface area contributed by atoms with Crippen molar-refractivity contribution >= 4 is 33.3 Å². The predicted octanol–water partition coefficient (Wildman–Crippen LogP) is 3.35. The summed E-state index contributed by atoms with van der Waals surface area (Å²) >= 11 is 1.71. The molecular weight excluding hydrogens is 156 g/mol. The number of hydrogen-bond donors (Lipinski definition) is 0. The summed E-state index contributed by atoms with van der Waals surface area (Å²) in [6.45, 7) is 7.14. The second kappa shape index (κ2) is 7.53. The summed E-state index contributed by atoms with van der Waals surface area (Å²) in [5.41, 5.74) is 0. The largest absolute Gasteiger partial charge is 0.123 e. The molecule has 0 heterocycles.